The van der Waals surface area contributed by atoms with Gasteiger partial charge in [0, 0.05) is 32.8 Å². The highest BCUT2D eigenvalue weighted by atomic mass is 127. The number of piperidine rings is 1. The molecule has 198 valence electrons. The van der Waals surface area contributed by atoms with Gasteiger partial charge in [0.2, 0.25) is 5.91 Å². The molecule has 0 aliphatic carbocycles. The van der Waals surface area contributed by atoms with Gasteiger partial charge in [-0.25, -0.2) is 4.79 Å². The summed E-state index contributed by atoms with van der Waals surface area (Å²) < 4.78 is 5.17. The Morgan fingerprint density at radius 3 is 1.84 bits per heavy atom. The van der Waals surface area contributed by atoms with Crippen LogP contribution in [0.2, 0.25) is 0 Å². The molecule has 2 heterocycles. The number of carbonyl (C=O) groups is 2. The van der Waals surface area contributed by atoms with E-state index in [4.69, 9.17) is 4.74 Å². The van der Waals surface area contributed by atoms with Gasteiger partial charge in [-0.15, -0.1) is 0 Å². The molecule has 2 aliphatic heterocycles. The van der Waals surface area contributed by atoms with E-state index in [0.717, 1.165) is 16.7 Å². The number of hydrogen-bond acceptors (Lipinski definition) is 5. The molecule has 7 nitrogen and oxygen atoms in total. The zero-order valence-electron chi connectivity index (χ0n) is 21.2. The number of aliphatic hydroxyl groups is 1. The predicted molar refractivity (Wildman–Crippen MR) is 154 cm³/mol. The number of halogens is 1. The van der Waals surface area contributed by atoms with Crippen LogP contribution in [0.15, 0.2) is 91.0 Å². The lowest BCUT2D eigenvalue weighted by atomic mass is 9.73. The molecule has 0 spiro atoms. The number of aliphatic hydroxyl groups excluding tert-OH is 1. The second-order valence-corrected chi connectivity index (χ2v) is 11.2. The molecule has 2 aliphatic rings. The molecule has 5 rings (SSSR count). The average Bonchev–Trinajstić information content (AvgIpc) is 2.96. The molecule has 38 heavy (non-hydrogen) atoms. The SMILES string of the molecule is CO[C@@H]1[C@H](I)C(=O)NC(=O)N1[C@@H]1C[C@H](CO)CN(C(c2ccccc2)(c2ccccc2)c2ccccc2)C1. The summed E-state index contributed by atoms with van der Waals surface area (Å²) in [5.74, 6) is -0.433. The molecule has 3 aromatic rings. The molecule has 2 saturated heterocycles. The van der Waals surface area contributed by atoms with Crippen LogP contribution in [-0.4, -0.2) is 69.8 Å². The fourth-order valence-electron chi connectivity index (χ4n) is 6.10. The van der Waals surface area contributed by atoms with E-state index in [2.05, 4.69) is 46.6 Å². The molecule has 2 fully saturated rings. The van der Waals surface area contributed by atoms with Gasteiger partial charge < -0.3 is 9.84 Å². The average molecular weight is 626 g/mol. The number of carbonyl (C=O) groups excluding carboxylic acids is 2. The van der Waals surface area contributed by atoms with E-state index in [9.17, 15) is 14.7 Å². The molecule has 0 saturated carbocycles. The first-order valence-electron chi connectivity index (χ1n) is 12.8. The maximum absolute atomic E-state index is 13.2. The zero-order chi connectivity index (χ0) is 26.7. The van der Waals surface area contributed by atoms with Crippen molar-refractivity contribution in [2.45, 2.75) is 28.2 Å². The molecule has 3 aromatic carbocycles. The van der Waals surface area contributed by atoms with Crippen molar-refractivity contribution in [3.05, 3.63) is 108 Å². The summed E-state index contributed by atoms with van der Waals surface area (Å²) >= 11 is 2.04. The summed E-state index contributed by atoms with van der Waals surface area (Å²) in [6.45, 7) is 1.15. The Hall–Kier alpha value is -2.79. The van der Waals surface area contributed by atoms with Gasteiger partial charge in [0.1, 0.15) is 3.92 Å². The lowest BCUT2D eigenvalue weighted by molar-refractivity contribution is -0.130. The van der Waals surface area contributed by atoms with E-state index < -0.39 is 21.7 Å². The van der Waals surface area contributed by atoms with Gasteiger partial charge >= 0.3 is 6.03 Å². The minimum Gasteiger partial charge on any atom is -0.396 e. The molecular formula is C30H32IN3O4. The number of methoxy groups -OCH3 is 1. The number of ether oxygens (including phenoxy) is 1. The first kappa shape index (κ1) is 26.8. The summed E-state index contributed by atoms with van der Waals surface area (Å²) in [7, 11) is 1.53. The van der Waals surface area contributed by atoms with Crippen molar-refractivity contribution in [3.63, 3.8) is 0 Å². The number of urea groups is 1. The molecule has 8 heteroatoms. The van der Waals surface area contributed by atoms with E-state index >= 15 is 0 Å². The van der Waals surface area contributed by atoms with Crippen LogP contribution in [0.25, 0.3) is 0 Å². The quantitative estimate of drug-likeness (QED) is 0.236. The number of rotatable bonds is 7. The summed E-state index contributed by atoms with van der Waals surface area (Å²) in [6, 6.07) is 30.4. The summed E-state index contributed by atoms with van der Waals surface area (Å²) in [6.07, 6.45) is -0.0903. The second-order valence-electron chi connectivity index (χ2n) is 9.88. The maximum atomic E-state index is 13.2. The van der Waals surface area contributed by atoms with Crippen molar-refractivity contribution in [1.82, 2.24) is 15.1 Å². The molecule has 2 N–H and O–H groups in total. The Kier molecular flexibility index (Phi) is 8.13. The Balaban J connectivity index is 1.68. The van der Waals surface area contributed by atoms with E-state index in [1.807, 2.05) is 77.2 Å². The smallest absolute Gasteiger partial charge is 0.326 e. The van der Waals surface area contributed by atoms with Crippen molar-refractivity contribution < 1.29 is 19.4 Å². The van der Waals surface area contributed by atoms with Gasteiger partial charge in [-0.2, -0.15) is 0 Å². The highest BCUT2D eigenvalue weighted by molar-refractivity contribution is 14.1. The lowest BCUT2D eigenvalue weighted by Gasteiger charge is -2.53. The minimum absolute atomic E-state index is 0.0127. The summed E-state index contributed by atoms with van der Waals surface area (Å²) in [5, 5.41) is 13.0. The van der Waals surface area contributed by atoms with Crippen molar-refractivity contribution in [2.75, 3.05) is 26.8 Å². The first-order chi connectivity index (χ1) is 18.5. The van der Waals surface area contributed by atoms with Crippen LogP contribution in [0.4, 0.5) is 4.79 Å². The zero-order valence-corrected chi connectivity index (χ0v) is 23.4. The van der Waals surface area contributed by atoms with Crippen molar-refractivity contribution in [3.8, 4) is 0 Å². The van der Waals surface area contributed by atoms with Crippen molar-refractivity contribution in [1.29, 1.82) is 0 Å². The standard InChI is InChI=1S/C30H32IN3O4/c1-38-28-26(31)27(36)32-29(37)34(28)25-17-21(20-35)18-33(19-25)30(22-11-5-2-6-12-22,23-13-7-3-8-14-23)24-15-9-4-10-16-24/h2-16,21,25-26,28,35H,17-20H2,1H3,(H,32,36,37)/t21-,25+,26+,28+/m0/s1. The van der Waals surface area contributed by atoms with Crippen LogP contribution < -0.4 is 5.32 Å². The van der Waals surface area contributed by atoms with Crippen LogP contribution in [0.3, 0.4) is 0 Å². The highest BCUT2D eigenvalue weighted by Crippen LogP contribution is 2.45. The molecule has 0 aromatic heterocycles. The first-order valence-corrected chi connectivity index (χ1v) is 14.1. The number of nitrogens with zero attached hydrogens (tertiary/aromatic N) is 2. The molecule has 4 atom stereocenters. The monoisotopic (exact) mass is 625 g/mol. The number of imide groups is 1. The molecule has 0 bridgehead atoms. The number of hydrogen-bond donors (Lipinski definition) is 2. The topological polar surface area (TPSA) is 82.1 Å². The second kappa shape index (κ2) is 11.5. The van der Waals surface area contributed by atoms with Gasteiger partial charge in [-0.3, -0.25) is 19.9 Å². The fourth-order valence-corrected chi connectivity index (χ4v) is 6.90. The number of amides is 3. The molecular weight excluding hydrogens is 593 g/mol. The number of likely N-dealkylation sites (tertiary alicyclic amines) is 1. The Labute approximate surface area is 236 Å². The van der Waals surface area contributed by atoms with E-state index in [1.165, 1.54) is 7.11 Å². The number of nitrogens with one attached hydrogen (secondary N) is 1. The lowest BCUT2D eigenvalue weighted by Crippen LogP contribution is -2.68. The van der Waals surface area contributed by atoms with Crippen LogP contribution >= 0.6 is 22.6 Å². The van der Waals surface area contributed by atoms with E-state index in [-0.39, 0.29) is 24.5 Å². The maximum Gasteiger partial charge on any atom is 0.326 e. The molecule has 3 amide bonds. The predicted octanol–water partition coefficient (Wildman–Crippen LogP) is 3.99. The van der Waals surface area contributed by atoms with Gasteiger partial charge in [0.25, 0.3) is 0 Å². The highest BCUT2D eigenvalue weighted by Gasteiger charge is 2.50. The number of alkyl halides is 1. The summed E-state index contributed by atoms with van der Waals surface area (Å²) in [4.78, 5) is 29.7. The normalized spacial score (nSPS) is 24.8. The summed E-state index contributed by atoms with van der Waals surface area (Å²) in [5.41, 5.74) is 2.62. The number of benzene rings is 3. The molecule has 0 radical (unpaired) electrons. The van der Waals surface area contributed by atoms with E-state index in [0.29, 0.717) is 19.5 Å². The van der Waals surface area contributed by atoms with Crippen LogP contribution in [0.1, 0.15) is 23.1 Å². The van der Waals surface area contributed by atoms with Gasteiger partial charge in [-0.1, -0.05) is 114 Å². The minimum atomic E-state index is -0.694. The Morgan fingerprint density at radius 1 is 0.895 bits per heavy atom. The van der Waals surface area contributed by atoms with Gasteiger partial charge in [0.05, 0.1) is 5.54 Å². The van der Waals surface area contributed by atoms with Crippen molar-refractivity contribution in [2.24, 2.45) is 5.92 Å². The van der Waals surface area contributed by atoms with E-state index in [1.54, 1.807) is 4.90 Å². The third-order valence-corrected chi connectivity index (χ3v) is 8.88. The van der Waals surface area contributed by atoms with Crippen LogP contribution in [0.5, 0.6) is 0 Å². The van der Waals surface area contributed by atoms with Gasteiger partial charge in [0.15, 0.2) is 6.23 Å². The van der Waals surface area contributed by atoms with Crippen LogP contribution in [-0.2, 0) is 15.1 Å². The largest absolute Gasteiger partial charge is 0.396 e. The third kappa shape index (κ3) is 4.75. The molecule has 0 unspecified atom stereocenters. The van der Waals surface area contributed by atoms with Gasteiger partial charge in [-0.05, 0) is 29.0 Å². The fraction of sp³-hybridized carbons (Fsp3) is 0.333. The van der Waals surface area contributed by atoms with Crippen molar-refractivity contribution >= 4 is 34.5 Å². The Bertz CT molecular complexity index is 1150. The third-order valence-electron chi connectivity index (χ3n) is 7.70. The Morgan fingerprint density at radius 2 is 1.39 bits per heavy atom. The van der Waals surface area contributed by atoms with Crippen LogP contribution in [0, 0.1) is 5.92 Å².